The van der Waals surface area contributed by atoms with Gasteiger partial charge in [0.15, 0.2) is 0 Å². The van der Waals surface area contributed by atoms with E-state index in [0.29, 0.717) is 17.5 Å². The third-order valence-corrected chi connectivity index (χ3v) is 5.95. The lowest BCUT2D eigenvalue weighted by Gasteiger charge is -2.19. The molecule has 1 unspecified atom stereocenters. The molecule has 1 aliphatic heterocycles. The van der Waals surface area contributed by atoms with Gasteiger partial charge in [-0.2, -0.15) is 0 Å². The van der Waals surface area contributed by atoms with Gasteiger partial charge in [-0.25, -0.2) is 0 Å². The molecule has 156 valence electrons. The predicted molar refractivity (Wildman–Crippen MR) is 126 cm³/mol. The summed E-state index contributed by atoms with van der Waals surface area (Å²) in [7, 11) is 0. The maximum absolute atomic E-state index is 12.8. The van der Waals surface area contributed by atoms with E-state index in [4.69, 9.17) is 0 Å². The summed E-state index contributed by atoms with van der Waals surface area (Å²) < 4.78 is 0. The molecule has 1 amide bonds. The van der Waals surface area contributed by atoms with Gasteiger partial charge in [-0.15, -0.1) is 0 Å². The van der Waals surface area contributed by atoms with Crippen LogP contribution in [0, 0.1) is 19.8 Å². The van der Waals surface area contributed by atoms with E-state index in [1.54, 1.807) is 6.20 Å². The molecule has 3 heteroatoms. The third-order valence-electron chi connectivity index (χ3n) is 5.95. The summed E-state index contributed by atoms with van der Waals surface area (Å²) in [5, 5.41) is 0. The molecular weight excluding hydrogens is 368 g/mol. The molecule has 2 heterocycles. The molecule has 1 aromatic carbocycles. The molecule has 3 nitrogen and oxygen atoms in total. The number of rotatable bonds is 6. The molecule has 0 aliphatic carbocycles. The van der Waals surface area contributed by atoms with E-state index < -0.39 is 0 Å². The van der Waals surface area contributed by atoms with Crippen molar-refractivity contribution < 1.29 is 4.79 Å². The number of allylic oxidation sites excluding steroid dienone is 4. The quantitative estimate of drug-likeness (QED) is 0.548. The summed E-state index contributed by atoms with van der Waals surface area (Å²) in [6.45, 7) is 18.1. The molecule has 0 spiro atoms. The molecular formula is C27H32N2O. The second kappa shape index (κ2) is 9.25. The van der Waals surface area contributed by atoms with Gasteiger partial charge in [0.2, 0.25) is 0 Å². The van der Waals surface area contributed by atoms with Crippen LogP contribution >= 0.6 is 0 Å². The molecule has 0 saturated carbocycles. The van der Waals surface area contributed by atoms with Crippen LogP contribution in [0.2, 0.25) is 0 Å². The van der Waals surface area contributed by atoms with Crippen molar-refractivity contribution in [2.45, 2.75) is 40.0 Å². The first-order chi connectivity index (χ1) is 14.3. The highest BCUT2D eigenvalue weighted by molar-refractivity contribution is 5.92. The summed E-state index contributed by atoms with van der Waals surface area (Å²) in [6, 6.07) is 10.4. The number of likely N-dealkylation sites (tertiary alicyclic amines) is 1. The Morgan fingerprint density at radius 2 is 2.00 bits per heavy atom. The Kier molecular flexibility index (Phi) is 6.71. The topological polar surface area (TPSA) is 33.2 Å². The molecule has 3 rings (SSSR count). The van der Waals surface area contributed by atoms with Crippen LogP contribution in [0.1, 0.15) is 58.9 Å². The van der Waals surface area contributed by atoms with Crippen LogP contribution in [0.5, 0.6) is 0 Å². The Balaban J connectivity index is 1.78. The van der Waals surface area contributed by atoms with E-state index in [2.05, 4.69) is 57.1 Å². The molecule has 1 aromatic heterocycles. The number of carbonyl (C=O) groups excluding carboxylic acids is 1. The van der Waals surface area contributed by atoms with Gasteiger partial charge in [0, 0.05) is 25.2 Å². The summed E-state index contributed by atoms with van der Waals surface area (Å²) in [5.74, 6) is 0.755. The number of aryl methyl sites for hydroxylation is 2. The normalized spacial score (nSPS) is 16.8. The maximum Gasteiger partial charge on any atom is 0.272 e. The van der Waals surface area contributed by atoms with Crippen LogP contribution in [-0.2, 0) is 0 Å². The first-order valence-corrected chi connectivity index (χ1v) is 10.7. The Labute approximate surface area is 180 Å². The molecule has 30 heavy (non-hydrogen) atoms. The molecule has 1 saturated heterocycles. The second-order valence-electron chi connectivity index (χ2n) is 8.52. The molecule has 0 N–H and O–H groups in total. The molecule has 1 atom stereocenters. The number of hydrogen-bond acceptors (Lipinski definition) is 2. The van der Waals surface area contributed by atoms with Crippen molar-refractivity contribution in [1.29, 1.82) is 0 Å². The van der Waals surface area contributed by atoms with Crippen LogP contribution in [0.15, 0.2) is 67.4 Å². The fourth-order valence-electron chi connectivity index (χ4n) is 4.07. The lowest BCUT2D eigenvalue weighted by molar-refractivity contribution is 0.0785. The van der Waals surface area contributed by atoms with Gasteiger partial charge in [0.25, 0.3) is 5.91 Å². The number of pyridine rings is 1. The van der Waals surface area contributed by atoms with Crippen molar-refractivity contribution in [2.24, 2.45) is 5.92 Å². The smallest absolute Gasteiger partial charge is 0.272 e. The van der Waals surface area contributed by atoms with Gasteiger partial charge in [-0.1, -0.05) is 63.4 Å². The highest BCUT2D eigenvalue weighted by atomic mass is 16.2. The number of carbonyl (C=O) groups is 1. The largest absolute Gasteiger partial charge is 0.337 e. The molecule has 1 fully saturated rings. The van der Waals surface area contributed by atoms with Crippen LogP contribution in [0.4, 0.5) is 0 Å². The summed E-state index contributed by atoms with van der Waals surface area (Å²) in [4.78, 5) is 19.0. The Hall–Kier alpha value is -2.94. The van der Waals surface area contributed by atoms with Gasteiger partial charge in [0.05, 0.1) is 0 Å². The highest BCUT2D eigenvalue weighted by Gasteiger charge is 2.29. The van der Waals surface area contributed by atoms with Crippen LogP contribution < -0.4 is 0 Å². The van der Waals surface area contributed by atoms with E-state index in [1.165, 1.54) is 16.7 Å². The number of aromatic nitrogens is 1. The lowest BCUT2D eigenvalue weighted by atomic mass is 9.87. The number of nitrogens with zero attached hydrogens (tertiary/aromatic N) is 2. The number of benzene rings is 1. The minimum atomic E-state index is 0.0243. The Morgan fingerprint density at radius 1 is 1.23 bits per heavy atom. The molecule has 1 aliphatic rings. The number of hydrogen-bond donors (Lipinski definition) is 0. The summed E-state index contributed by atoms with van der Waals surface area (Å²) in [6.07, 6.45) is 6.60. The van der Waals surface area contributed by atoms with Crippen molar-refractivity contribution >= 4 is 11.5 Å². The van der Waals surface area contributed by atoms with Crippen molar-refractivity contribution in [3.63, 3.8) is 0 Å². The Morgan fingerprint density at radius 3 is 2.60 bits per heavy atom. The first kappa shape index (κ1) is 21.8. The van der Waals surface area contributed by atoms with Crippen molar-refractivity contribution in [3.8, 4) is 0 Å². The minimum Gasteiger partial charge on any atom is -0.337 e. The fourth-order valence-corrected chi connectivity index (χ4v) is 4.07. The SMILES string of the molecule is C=C/C=C(\C(=C)C(C)C)c1ccc(C2CCN(C(=O)c3ccc(C)cn3)C2)c(C)c1. The van der Waals surface area contributed by atoms with Crippen molar-refractivity contribution in [1.82, 2.24) is 9.88 Å². The predicted octanol–water partition coefficient (Wildman–Crippen LogP) is 6.11. The standard InChI is InChI=1S/C27H32N2O/c1-7-8-25(21(6)18(2)3)22-10-11-24(20(5)15-22)23-13-14-29(17-23)27(30)26-12-9-19(4)16-28-26/h7-12,15-16,18,23H,1,6,13-14,17H2,2-5H3/b25-8+. The monoisotopic (exact) mass is 400 g/mol. The fraction of sp³-hybridized carbons (Fsp3) is 0.333. The van der Waals surface area contributed by atoms with E-state index in [1.807, 2.05) is 36.1 Å². The van der Waals surface area contributed by atoms with E-state index in [0.717, 1.165) is 36.2 Å². The summed E-state index contributed by atoms with van der Waals surface area (Å²) in [5.41, 5.74) is 7.59. The second-order valence-corrected chi connectivity index (χ2v) is 8.52. The van der Waals surface area contributed by atoms with E-state index >= 15 is 0 Å². The Bertz CT molecular complexity index is 982. The minimum absolute atomic E-state index is 0.0243. The highest BCUT2D eigenvalue weighted by Crippen LogP contribution is 2.34. The molecule has 2 aromatic rings. The van der Waals surface area contributed by atoms with Gasteiger partial charge in [-0.05, 0) is 65.7 Å². The third kappa shape index (κ3) is 4.62. The van der Waals surface area contributed by atoms with Crippen LogP contribution in [-0.4, -0.2) is 28.9 Å². The molecule has 0 bridgehead atoms. The maximum atomic E-state index is 12.8. The zero-order valence-electron chi connectivity index (χ0n) is 18.6. The average molecular weight is 401 g/mol. The van der Waals surface area contributed by atoms with Crippen molar-refractivity contribution in [2.75, 3.05) is 13.1 Å². The van der Waals surface area contributed by atoms with Crippen LogP contribution in [0.3, 0.4) is 0 Å². The van der Waals surface area contributed by atoms with Gasteiger partial charge >= 0.3 is 0 Å². The van der Waals surface area contributed by atoms with Gasteiger partial charge in [0.1, 0.15) is 5.69 Å². The van der Waals surface area contributed by atoms with E-state index in [-0.39, 0.29) is 5.91 Å². The average Bonchev–Trinajstić information content (AvgIpc) is 3.21. The lowest BCUT2D eigenvalue weighted by Crippen LogP contribution is -2.29. The zero-order valence-corrected chi connectivity index (χ0v) is 18.6. The molecule has 0 radical (unpaired) electrons. The van der Waals surface area contributed by atoms with Gasteiger partial charge in [-0.3, -0.25) is 9.78 Å². The van der Waals surface area contributed by atoms with E-state index in [9.17, 15) is 4.79 Å². The number of amides is 1. The van der Waals surface area contributed by atoms with Gasteiger partial charge < -0.3 is 4.90 Å². The van der Waals surface area contributed by atoms with Crippen molar-refractivity contribution in [3.05, 3.63) is 95.4 Å². The first-order valence-electron chi connectivity index (χ1n) is 10.7. The summed E-state index contributed by atoms with van der Waals surface area (Å²) >= 11 is 0. The van der Waals surface area contributed by atoms with Crippen LogP contribution in [0.25, 0.3) is 5.57 Å². The zero-order chi connectivity index (χ0) is 21.8.